The Balaban J connectivity index is 1.83. The number of benzene rings is 3. The molecule has 7 heteroatoms. The number of methoxy groups -OCH3 is 3. The van der Waals surface area contributed by atoms with E-state index in [4.69, 9.17) is 23.4 Å². The first-order valence-corrected chi connectivity index (χ1v) is 17.0. The van der Waals surface area contributed by atoms with E-state index in [-0.39, 0.29) is 16.2 Å². The van der Waals surface area contributed by atoms with Gasteiger partial charge in [0.1, 0.15) is 11.5 Å². The Kier molecular flexibility index (Phi) is 8.57. The van der Waals surface area contributed by atoms with Crippen molar-refractivity contribution in [3.05, 3.63) is 77.4 Å². The average molecular weight is 553 g/mol. The van der Waals surface area contributed by atoms with Crippen LogP contribution in [0.1, 0.15) is 48.6 Å². The first-order chi connectivity index (χ1) is 18.1. The minimum Gasteiger partial charge on any atom is -0.541 e. The summed E-state index contributed by atoms with van der Waals surface area (Å²) in [5.41, 5.74) is 3.54. The Hall–Kier alpha value is -2.77. The third kappa shape index (κ3) is 5.79. The molecule has 0 radical (unpaired) electrons. The molecular formula is C31H40O5SSi. The van der Waals surface area contributed by atoms with Crippen LogP contribution in [0.15, 0.2) is 60.7 Å². The Morgan fingerprint density at radius 2 is 1.58 bits per heavy atom. The van der Waals surface area contributed by atoms with Crippen LogP contribution in [0, 0.1) is 0 Å². The highest BCUT2D eigenvalue weighted by atomic mass is 32.2. The lowest BCUT2D eigenvalue weighted by Crippen LogP contribution is -2.44. The zero-order chi connectivity index (χ0) is 27.5. The monoisotopic (exact) mass is 552 g/mol. The number of hydrogen-bond acceptors (Lipinski definition) is 6. The average Bonchev–Trinajstić information content (AvgIpc) is 2.90. The van der Waals surface area contributed by atoms with Gasteiger partial charge in [-0.05, 0) is 35.8 Å². The van der Waals surface area contributed by atoms with Gasteiger partial charge in [-0.15, -0.1) is 11.8 Å². The van der Waals surface area contributed by atoms with Crippen molar-refractivity contribution < 1.29 is 23.4 Å². The smallest absolute Gasteiger partial charge is 0.250 e. The molecule has 0 saturated carbocycles. The minimum absolute atomic E-state index is 0.0199. The van der Waals surface area contributed by atoms with Crippen LogP contribution in [-0.4, -0.2) is 36.3 Å². The van der Waals surface area contributed by atoms with Gasteiger partial charge in [0, 0.05) is 34.1 Å². The van der Waals surface area contributed by atoms with Gasteiger partial charge in [-0.25, -0.2) is 0 Å². The zero-order valence-corrected chi connectivity index (χ0v) is 25.6. The van der Waals surface area contributed by atoms with Crippen molar-refractivity contribution in [3.63, 3.8) is 0 Å². The summed E-state index contributed by atoms with van der Waals surface area (Å²) in [6, 6.07) is 20.9. The first-order valence-electron chi connectivity index (χ1n) is 13.0. The number of hydrogen-bond donors (Lipinski definition) is 0. The van der Waals surface area contributed by atoms with Crippen LogP contribution in [0.2, 0.25) is 18.1 Å². The normalized spacial score (nSPS) is 17.3. The summed E-state index contributed by atoms with van der Waals surface area (Å²) < 4.78 is 30.5. The van der Waals surface area contributed by atoms with Crippen LogP contribution in [0.4, 0.5) is 0 Å². The van der Waals surface area contributed by atoms with Crippen molar-refractivity contribution in [2.45, 2.75) is 55.8 Å². The lowest BCUT2D eigenvalue weighted by molar-refractivity contribution is 0.255. The highest BCUT2D eigenvalue weighted by molar-refractivity contribution is 7.98. The highest BCUT2D eigenvalue weighted by Crippen LogP contribution is 2.55. The van der Waals surface area contributed by atoms with E-state index in [1.165, 1.54) is 5.56 Å². The predicted molar refractivity (Wildman–Crippen MR) is 159 cm³/mol. The van der Waals surface area contributed by atoms with Gasteiger partial charge in [0.2, 0.25) is 5.75 Å². The fourth-order valence-corrected chi connectivity index (χ4v) is 6.85. The van der Waals surface area contributed by atoms with Crippen LogP contribution in [-0.2, 0) is 5.75 Å². The van der Waals surface area contributed by atoms with Crippen LogP contribution in [0.5, 0.6) is 28.7 Å². The molecule has 0 spiro atoms. The van der Waals surface area contributed by atoms with Gasteiger partial charge in [0.05, 0.1) is 27.9 Å². The molecule has 4 rings (SSSR count). The van der Waals surface area contributed by atoms with Crippen molar-refractivity contribution in [1.29, 1.82) is 0 Å². The zero-order valence-electron chi connectivity index (χ0n) is 23.8. The molecule has 1 aliphatic heterocycles. The van der Waals surface area contributed by atoms with Gasteiger partial charge in [0.15, 0.2) is 11.5 Å². The molecule has 0 saturated heterocycles. The minimum atomic E-state index is -2.20. The topological polar surface area (TPSA) is 46.2 Å². The number of ether oxygens (including phenoxy) is 4. The predicted octanol–water partition coefficient (Wildman–Crippen LogP) is 8.25. The first kappa shape index (κ1) is 28.2. The molecular weight excluding hydrogens is 512 g/mol. The molecule has 204 valence electrons. The van der Waals surface area contributed by atoms with Crippen LogP contribution < -0.4 is 23.4 Å². The van der Waals surface area contributed by atoms with Crippen molar-refractivity contribution in [2.24, 2.45) is 0 Å². The van der Waals surface area contributed by atoms with Gasteiger partial charge in [-0.1, -0.05) is 63.2 Å². The molecule has 3 aromatic rings. The number of thioether (sulfide) groups is 1. The SMILES string of the molecule is COc1ccc2c(c1)OC[C@@H](c1ccc(OC)c(OC)c1O[Si](C)(C)C(C)(C)C)[C@@H]2SCc1ccccc1. The molecule has 1 heterocycles. The van der Waals surface area contributed by atoms with E-state index in [1.807, 2.05) is 30.0 Å². The van der Waals surface area contributed by atoms with E-state index in [0.717, 1.165) is 34.1 Å². The summed E-state index contributed by atoms with van der Waals surface area (Å²) in [7, 11) is 2.83. The Labute approximate surface area is 232 Å². The standard InChI is InChI=1S/C31H40O5SSi/c1-31(2,3)38(7,8)36-28-23(16-17-26(33-5)29(28)34-6)25-19-35-27-18-22(32-4)14-15-24(27)30(25)37-20-21-12-10-9-11-13-21/h9-18,25,30H,19-20H2,1-8H3/t25-,30+/m0/s1. The summed E-state index contributed by atoms with van der Waals surface area (Å²) >= 11 is 1.93. The van der Waals surface area contributed by atoms with Gasteiger partial charge >= 0.3 is 0 Å². The molecule has 0 N–H and O–H groups in total. The molecule has 0 aromatic heterocycles. The second-order valence-corrected chi connectivity index (χ2v) is 17.0. The molecule has 0 fully saturated rings. The molecule has 5 nitrogen and oxygen atoms in total. The van der Waals surface area contributed by atoms with E-state index in [1.54, 1.807) is 21.3 Å². The molecule has 1 aliphatic rings. The number of fused-ring (bicyclic) bond motifs is 1. The Morgan fingerprint density at radius 1 is 0.868 bits per heavy atom. The van der Waals surface area contributed by atoms with E-state index in [0.29, 0.717) is 18.1 Å². The fraction of sp³-hybridized carbons (Fsp3) is 0.419. The molecule has 2 atom stereocenters. The van der Waals surface area contributed by atoms with Gasteiger partial charge in [-0.3, -0.25) is 0 Å². The largest absolute Gasteiger partial charge is 0.541 e. The Bertz CT molecular complexity index is 1240. The van der Waals surface area contributed by atoms with Crippen molar-refractivity contribution in [1.82, 2.24) is 0 Å². The van der Waals surface area contributed by atoms with E-state index in [9.17, 15) is 0 Å². The van der Waals surface area contributed by atoms with E-state index < -0.39 is 8.32 Å². The molecule has 0 amide bonds. The summed E-state index contributed by atoms with van der Waals surface area (Å²) in [6.45, 7) is 11.8. The summed E-state index contributed by atoms with van der Waals surface area (Å²) in [6.07, 6.45) is 0. The summed E-state index contributed by atoms with van der Waals surface area (Å²) in [4.78, 5) is 0. The molecule has 38 heavy (non-hydrogen) atoms. The maximum Gasteiger partial charge on any atom is 0.250 e. The molecule has 0 unspecified atom stereocenters. The Morgan fingerprint density at radius 3 is 2.21 bits per heavy atom. The summed E-state index contributed by atoms with van der Waals surface area (Å²) in [5.74, 6) is 4.68. The van der Waals surface area contributed by atoms with E-state index in [2.05, 4.69) is 76.3 Å². The molecule has 3 aromatic carbocycles. The second kappa shape index (κ2) is 11.5. The van der Waals surface area contributed by atoms with Crippen molar-refractivity contribution >= 4 is 20.1 Å². The quantitative estimate of drug-likeness (QED) is 0.249. The van der Waals surface area contributed by atoms with Crippen LogP contribution >= 0.6 is 11.8 Å². The lowest BCUT2D eigenvalue weighted by atomic mass is 9.88. The summed E-state index contributed by atoms with van der Waals surface area (Å²) in [5, 5.41) is 0.163. The van der Waals surface area contributed by atoms with E-state index >= 15 is 0 Å². The van der Waals surface area contributed by atoms with Crippen molar-refractivity contribution in [2.75, 3.05) is 27.9 Å². The number of rotatable bonds is 9. The molecule has 0 aliphatic carbocycles. The van der Waals surface area contributed by atoms with Crippen LogP contribution in [0.3, 0.4) is 0 Å². The third-order valence-corrected chi connectivity index (χ3v) is 13.4. The molecule has 0 bridgehead atoms. The van der Waals surface area contributed by atoms with Crippen molar-refractivity contribution in [3.8, 4) is 28.7 Å². The maximum atomic E-state index is 7.00. The van der Waals surface area contributed by atoms with Gasteiger partial charge in [0.25, 0.3) is 8.32 Å². The van der Waals surface area contributed by atoms with Crippen LogP contribution in [0.25, 0.3) is 0 Å². The fourth-order valence-electron chi connectivity index (χ4n) is 4.42. The highest BCUT2D eigenvalue weighted by Gasteiger charge is 2.42. The van der Waals surface area contributed by atoms with Gasteiger partial charge < -0.3 is 23.4 Å². The lowest BCUT2D eigenvalue weighted by Gasteiger charge is -2.40. The second-order valence-electron chi connectivity index (χ2n) is 11.1. The third-order valence-electron chi connectivity index (χ3n) is 7.68. The van der Waals surface area contributed by atoms with Gasteiger partial charge in [-0.2, -0.15) is 0 Å². The maximum absolute atomic E-state index is 7.00.